The van der Waals surface area contributed by atoms with Gasteiger partial charge in [-0.25, -0.2) is 0 Å². The maximum atomic E-state index is 5.46. The van der Waals surface area contributed by atoms with Crippen molar-refractivity contribution in [2.75, 3.05) is 19.8 Å². The summed E-state index contributed by atoms with van der Waals surface area (Å²) in [5.41, 5.74) is 5.62. The summed E-state index contributed by atoms with van der Waals surface area (Å²) >= 11 is 0. The van der Waals surface area contributed by atoms with Gasteiger partial charge >= 0.3 is 0 Å². The number of hydrogen-bond acceptors (Lipinski definition) is 3. The molecule has 0 unspecified atom stereocenters. The van der Waals surface area contributed by atoms with Crippen LogP contribution in [-0.4, -0.2) is 25.3 Å². The topological polar surface area (TPSA) is 50.1 Å². The van der Waals surface area contributed by atoms with E-state index in [2.05, 4.69) is 31.4 Å². The van der Waals surface area contributed by atoms with Crippen LogP contribution < -0.4 is 16.4 Å². The van der Waals surface area contributed by atoms with Crippen molar-refractivity contribution in [1.82, 2.24) is 10.6 Å². The molecular formula is C8H21N3. The molecule has 3 heteroatoms. The van der Waals surface area contributed by atoms with Crippen LogP contribution in [0.15, 0.2) is 0 Å². The van der Waals surface area contributed by atoms with Crippen molar-refractivity contribution < 1.29 is 0 Å². The molecule has 0 rings (SSSR count). The van der Waals surface area contributed by atoms with Crippen LogP contribution in [0.25, 0.3) is 0 Å². The molecule has 0 aromatic carbocycles. The zero-order chi connectivity index (χ0) is 8.74. The first-order chi connectivity index (χ1) is 5.12. The molecule has 0 saturated carbocycles. The molecule has 0 bridgehead atoms. The van der Waals surface area contributed by atoms with Gasteiger partial charge in [0.25, 0.3) is 0 Å². The summed E-state index contributed by atoms with van der Waals surface area (Å²) in [6.07, 6.45) is 1.01. The molecule has 68 valence electrons. The van der Waals surface area contributed by atoms with Crippen LogP contribution in [-0.2, 0) is 0 Å². The van der Waals surface area contributed by atoms with Crippen LogP contribution in [0.5, 0.6) is 0 Å². The van der Waals surface area contributed by atoms with Gasteiger partial charge < -0.3 is 11.1 Å². The first-order valence-electron chi connectivity index (χ1n) is 4.28. The number of rotatable bonds is 6. The summed E-state index contributed by atoms with van der Waals surface area (Å²) in [5.74, 6) is 0. The summed E-state index contributed by atoms with van der Waals surface area (Å²) in [7, 11) is 0. The molecule has 0 amide bonds. The molecule has 0 radical (unpaired) electrons. The van der Waals surface area contributed by atoms with Gasteiger partial charge in [0, 0.05) is 12.2 Å². The van der Waals surface area contributed by atoms with Gasteiger partial charge in [0.15, 0.2) is 0 Å². The maximum Gasteiger partial charge on any atom is 0.0458 e. The Bertz CT molecular complexity index is 91.3. The highest BCUT2D eigenvalue weighted by molar-refractivity contribution is 4.76. The van der Waals surface area contributed by atoms with Gasteiger partial charge in [-0.1, -0.05) is 6.92 Å². The fraction of sp³-hybridized carbons (Fsp3) is 1.00. The highest BCUT2D eigenvalue weighted by Gasteiger charge is 2.13. The molecule has 11 heavy (non-hydrogen) atoms. The van der Waals surface area contributed by atoms with Crippen molar-refractivity contribution in [3.63, 3.8) is 0 Å². The zero-order valence-electron chi connectivity index (χ0n) is 7.91. The van der Waals surface area contributed by atoms with E-state index in [4.69, 9.17) is 5.73 Å². The molecule has 0 aromatic heterocycles. The Morgan fingerprint density at radius 3 is 2.45 bits per heavy atom. The molecule has 0 aromatic rings. The second-order valence-corrected chi connectivity index (χ2v) is 3.38. The standard InChI is InChI=1S/C8H21N3/c1-4-10-7-11-8(2,3)5-6-9/h10-11H,4-7,9H2,1-3H3. The lowest BCUT2D eigenvalue weighted by Gasteiger charge is -2.25. The van der Waals surface area contributed by atoms with Crippen LogP contribution in [0.3, 0.4) is 0 Å². The predicted octanol–water partition coefficient (Wildman–Crippen LogP) is 0.270. The highest BCUT2D eigenvalue weighted by Crippen LogP contribution is 2.04. The molecule has 0 atom stereocenters. The smallest absolute Gasteiger partial charge is 0.0458 e. The van der Waals surface area contributed by atoms with Crippen LogP contribution in [0.1, 0.15) is 27.2 Å². The van der Waals surface area contributed by atoms with Crippen LogP contribution in [0.2, 0.25) is 0 Å². The quantitative estimate of drug-likeness (QED) is 0.385. The third-order valence-electron chi connectivity index (χ3n) is 1.71. The normalized spacial score (nSPS) is 12.0. The number of nitrogens with one attached hydrogen (secondary N) is 2. The van der Waals surface area contributed by atoms with Crippen LogP contribution >= 0.6 is 0 Å². The SMILES string of the molecule is CCNCNC(C)(C)CCN. The molecule has 0 aliphatic heterocycles. The zero-order valence-corrected chi connectivity index (χ0v) is 7.91. The lowest BCUT2D eigenvalue weighted by molar-refractivity contribution is 0.355. The van der Waals surface area contributed by atoms with Gasteiger partial charge in [-0.3, -0.25) is 5.32 Å². The molecular weight excluding hydrogens is 138 g/mol. The molecule has 3 nitrogen and oxygen atoms in total. The highest BCUT2D eigenvalue weighted by atomic mass is 15.1. The van der Waals surface area contributed by atoms with Gasteiger partial charge in [0.1, 0.15) is 0 Å². The van der Waals surface area contributed by atoms with Gasteiger partial charge in [0.2, 0.25) is 0 Å². The molecule has 0 aliphatic carbocycles. The van der Waals surface area contributed by atoms with Gasteiger partial charge in [-0.2, -0.15) is 0 Å². The van der Waals surface area contributed by atoms with E-state index in [0.29, 0.717) is 0 Å². The Labute approximate surface area is 69.7 Å². The minimum atomic E-state index is 0.164. The van der Waals surface area contributed by atoms with E-state index in [-0.39, 0.29) is 5.54 Å². The fourth-order valence-corrected chi connectivity index (χ4v) is 0.876. The van der Waals surface area contributed by atoms with E-state index in [9.17, 15) is 0 Å². The Kier molecular flexibility index (Phi) is 5.46. The van der Waals surface area contributed by atoms with Crippen molar-refractivity contribution in [3.8, 4) is 0 Å². The molecule has 0 spiro atoms. The van der Waals surface area contributed by atoms with E-state index in [1.54, 1.807) is 0 Å². The maximum absolute atomic E-state index is 5.46. The largest absolute Gasteiger partial charge is 0.330 e. The summed E-state index contributed by atoms with van der Waals surface area (Å²) in [5, 5.41) is 6.58. The lowest BCUT2D eigenvalue weighted by atomic mass is 10.0. The second-order valence-electron chi connectivity index (χ2n) is 3.38. The molecule has 0 fully saturated rings. The fourth-order valence-electron chi connectivity index (χ4n) is 0.876. The van der Waals surface area contributed by atoms with E-state index < -0.39 is 0 Å². The minimum absolute atomic E-state index is 0.164. The first kappa shape index (κ1) is 10.9. The first-order valence-corrected chi connectivity index (χ1v) is 4.28. The van der Waals surface area contributed by atoms with Crippen molar-refractivity contribution >= 4 is 0 Å². The summed E-state index contributed by atoms with van der Waals surface area (Å²) in [6.45, 7) is 9.04. The lowest BCUT2D eigenvalue weighted by Crippen LogP contribution is -2.45. The van der Waals surface area contributed by atoms with Gasteiger partial charge in [-0.05, 0) is 33.4 Å². The predicted molar refractivity (Wildman–Crippen MR) is 49.4 cm³/mol. The van der Waals surface area contributed by atoms with Crippen molar-refractivity contribution in [2.24, 2.45) is 5.73 Å². The van der Waals surface area contributed by atoms with Gasteiger partial charge in [-0.15, -0.1) is 0 Å². The third-order valence-corrected chi connectivity index (χ3v) is 1.71. The van der Waals surface area contributed by atoms with E-state index in [1.165, 1.54) is 0 Å². The Balaban J connectivity index is 3.38. The number of hydrogen-bond donors (Lipinski definition) is 3. The summed E-state index contributed by atoms with van der Waals surface area (Å²) in [6, 6.07) is 0. The van der Waals surface area contributed by atoms with Crippen LogP contribution in [0, 0.1) is 0 Å². The van der Waals surface area contributed by atoms with E-state index in [1.807, 2.05) is 0 Å². The van der Waals surface area contributed by atoms with E-state index >= 15 is 0 Å². The Morgan fingerprint density at radius 1 is 1.36 bits per heavy atom. The number of nitrogens with two attached hydrogens (primary N) is 1. The molecule has 0 aliphatic rings. The molecule has 0 heterocycles. The van der Waals surface area contributed by atoms with E-state index in [0.717, 1.165) is 26.2 Å². The molecule has 4 N–H and O–H groups in total. The Hall–Kier alpha value is -0.120. The van der Waals surface area contributed by atoms with Crippen molar-refractivity contribution in [2.45, 2.75) is 32.7 Å². The van der Waals surface area contributed by atoms with Crippen molar-refractivity contribution in [3.05, 3.63) is 0 Å². The third kappa shape index (κ3) is 6.28. The second kappa shape index (κ2) is 5.52. The minimum Gasteiger partial charge on any atom is -0.330 e. The summed E-state index contributed by atoms with van der Waals surface area (Å²) in [4.78, 5) is 0. The summed E-state index contributed by atoms with van der Waals surface area (Å²) < 4.78 is 0. The van der Waals surface area contributed by atoms with Crippen molar-refractivity contribution in [1.29, 1.82) is 0 Å². The average molecular weight is 159 g/mol. The molecule has 0 saturated heterocycles. The van der Waals surface area contributed by atoms with Crippen LogP contribution in [0.4, 0.5) is 0 Å². The monoisotopic (exact) mass is 159 g/mol. The van der Waals surface area contributed by atoms with Gasteiger partial charge in [0.05, 0.1) is 0 Å². The Morgan fingerprint density at radius 2 is 2.00 bits per heavy atom. The average Bonchev–Trinajstić information content (AvgIpc) is 1.87.